The summed E-state index contributed by atoms with van der Waals surface area (Å²) in [5.74, 6) is 1.29. The molecule has 27 heavy (non-hydrogen) atoms. The molecule has 0 saturated heterocycles. The Morgan fingerprint density at radius 2 is 2.07 bits per heavy atom. The van der Waals surface area contributed by atoms with Gasteiger partial charge in [-0.05, 0) is 31.8 Å². The number of hydrogen-bond donors (Lipinski definition) is 1. The SMILES string of the molecule is Cc1nc(C2(NC(=O)/C=C/c3c(C)nn(CC(C)C)c3Cl)CCCC2)no1. The predicted octanol–water partition coefficient (Wildman–Crippen LogP) is 3.79. The second kappa shape index (κ2) is 7.84. The molecule has 2 heterocycles. The van der Waals surface area contributed by atoms with Crippen molar-refractivity contribution in [3.05, 3.63) is 34.2 Å². The van der Waals surface area contributed by atoms with Crippen molar-refractivity contribution in [3.8, 4) is 0 Å². The van der Waals surface area contributed by atoms with Crippen molar-refractivity contribution in [2.24, 2.45) is 5.92 Å². The Morgan fingerprint density at radius 3 is 2.67 bits per heavy atom. The van der Waals surface area contributed by atoms with Gasteiger partial charge in [0.25, 0.3) is 0 Å². The highest BCUT2D eigenvalue weighted by molar-refractivity contribution is 6.31. The maximum absolute atomic E-state index is 12.6. The number of nitrogens with zero attached hydrogens (tertiary/aromatic N) is 4. The molecule has 8 heteroatoms. The summed E-state index contributed by atoms with van der Waals surface area (Å²) in [6.45, 7) is 8.59. The first-order chi connectivity index (χ1) is 12.8. The minimum absolute atomic E-state index is 0.202. The van der Waals surface area contributed by atoms with E-state index in [1.807, 2.05) is 6.92 Å². The van der Waals surface area contributed by atoms with E-state index in [2.05, 4.69) is 34.4 Å². The molecule has 1 saturated carbocycles. The van der Waals surface area contributed by atoms with Gasteiger partial charge >= 0.3 is 0 Å². The highest BCUT2D eigenvalue weighted by atomic mass is 35.5. The van der Waals surface area contributed by atoms with Crippen LogP contribution in [0, 0.1) is 19.8 Å². The van der Waals surface area contributed by atoms with Crippen LogP contribution in [0.2, 0.25) is 5.15 Å². The van der Waals surface area contributed by atoms with Crippen LogP contribution in [0.15, 0.2) is 10.6 Å². The molecule has 0 aromatic carbocycles. The van der Waals surface area contributed by atoms with Gasteiger partial charge in [0.15, 0.2) is 5.82 Å². The van der Waals surface area contributed by atoms with Gasteiger partial charge in [0.2, 0.25) is 11.8 Å². The largest absolute Gasteiger partial charge is 0.340 e. The number of aromatic nitrogens is 4. The van der Waals surface area contributed by atoms with Crippen molar-refractivity contribution >= 4 is 23.6 Å². The van der Waals surface area contributed by atoms with Crippen molar-refractivity contribution in [2.45, 2.75) is 65.5 Å². The van der Waals surface area contributed by atoms with Gasteiger partial charge in [-0.3, -0.25) is 9.48 Å². The van der Waals surface area contributed by atoms with Crippen molar-refractivity contribution < 1.29 is 9.32 Å². The Bertz CT molecular complexity index is 846. The average Bonchev–Trinajstić information content (AvgIpc) is 3.28. The fraction of sp³-hybridized carbons (Fsp3) is 0.579. The molecule has 1 amide bonds. The lowest BCUT2D eigenvalue weighted by Crippen LogP contribution is -2.44. The van der Waals surface area contributed by atoms with E-state index in [4.69, 9.17) is 16.1 Å². The van der Waals surface area contributed by atoms with E-state index in [0.717, 1.165) is 43.5 Å². The number of carbonyl (C=O) groups is 1. The number of hydrogen-bond acceptors (Lipinski definition) is 5. The number of rotatable bonds is 6. The van der Waals surface area contributed by atoms with Crippen molar-refractivity contribution in [2.75, 3.05) is 0 Å². The summed E-state index contributed by atoms with van der Waals surface area (Å²) in [6, 6.07) is 0. The quantitative estimate of drug-likeness (QED) is 0.757. The molecular weight excluding hydrogens is 366 g/mol. The molecule has 1 fully saturated rings. The smallest absolute Gasteiger partial charge is 0.244 e. The van der Waals surface area contributed by atoms with Gasteiger partial charge in [-0.2, -0.15) is 10.1 Å². The van der Waals surface area contributed by atoms with E-state index < -0.39 is 5.54 Å². The van der Waals surface area contributed by atoms with Gasteiger partial charge in [0, 0.05) is 25.1 Å². The molecular formula is C19H26ClN5O2. The number of aryl methyl sites for hydroxylation is 2. The molecule has 0 atom stereocenters. The van der Waals surface area contributed by atoms with E-state index in [1.54, 1.807) is 17.7 Å². The molecule has 0 unspecified atom stereocenters. The van der Waals surface area contributed by atoms with E-state index in [1.165, 1.54) is 6.08 Å². The van der Waals surface area contributed by atoms with Crippen molar-refractivity contribution in [1.82, 2.24) is 25.2 Å². The molecule has 0 spiro atoms. The van der Waals surface area contributed by atoms with Gasteiger partial charge in [-0.1, -0.05) is 43.4 Å². The van der Waals surface area contributed by atoms with Crippen molar-refractivity contribution in [1.29, 1.82) is 0 Å². The molecule has 0 bridgehead atoms. The normalized spacial score (nSPS) is 16.5. The minimum Gasteiger partial charge on any atom is -0.340 e. The lowest BCUT2D eigenvalue weighted by atomic mass is 9.96. The summed E-state index contributed by atoms with van der Waals surface area (Å²) in [6.07, 6.45) is 6.87. The topological polar surface area (TPSA) is 85.8 Å². The summed E-state index contributed by atoms with van der Waals surface area (Å²) in [4.78, 5) is 17.0. The molecule has 146 valence electrons. The molecule has 0 radical (unpaired) electrons. The van der Waals surface area contributed by atoms with Crippen LogP contribution in [0.5, 0.6) is 0 Å². The van der Waals surface area contributed by atoms with Gasteiger partial charge < -0.3 is 9.84 Å². The van der Waals surface area contributed by atoms with Crippen LogP contribution in [0.3, 0.4) is 0 Å². The van der Waals surface area contributed by atoms with Gasteiger partial charge in [0.1, 0.15) is 10.7 Å². The summed E-state index contributed by atoms with van der Waals surface area (Å²) >= 11 is 6.44. The molecule has 1 N–H and O–H groups in total. The van der Waals surface area contributed by atoms with E-state index in [0.29, 0.717) is 22.8 Å². The Morgan fingerprint density at radius 1 is 1.37 bits per heavy atom. The van der Waals surface area contributed by atoms with E-state index >= 15 is 0 Å². The van der Waals surface area contributed by atoms with Crippen LogP contribution in [-0.2, 0) is 16.9 Å². The number of halogens is 1. The van der Waals surface area contributed by atoms with Crippen LogP contribution >= 0.6 is 11.6 Å². The lowest BCUT2D eigenvalue weighted by molar-refractivity contribution is -0.118. The Balaban J connectivity index is 1.76. The molecule has 7 nitrogen and oxygen atoms in total. The average molecular weight is 392 g/mol. The van der Waals surface area contributed by atoms with E-state index in [-0.39, 0.29) is 5.91 Å². The summed E-state index contributed by atoms with van der Waals surface area (Å²) in [5.41, 5.74) is 1.01. The summed E-state index contributed by atoms with van der Waals surface area (Å²) in [7, 11) is 0. The highest BCUT2D eigenvalue weighted by Crippen LogP contribution is 2.37. The van der Waals surface area contributed by atoms with Gasteiger partial charge in [-0.15, -0.1) is 0 Å². The third-order valence-corrected chi connectivity index (χ3v) is 5.22. The van der Waals surface area contributed by atoms with E-state index in [9.17, 15) is 4.79 Å². The molecule has 1 aliphatic carbocycles. The van der Waals surface area contributed by atoms with Gasteiger partial charge in [0.05, 0.1) is 5.69 Å². The zero-order valence-electron chi connectivity index (χ0n) is 16.3. The Hall–Kier alpha value is -2.15. The van der Waals surface area contributed by atoms with Crippen LogP contribution in [-0.4, -0.2) is 25.8 Å². The number of amides is 1. The highest BCUT2D eigenvalue weighted by Gasteiger charge is 2.40. The Labute approximate surface area is 164 Å². The first-order valence-electron chi connectivity index (χ1n) is 9.34. The molecule has 3 rings (SSSR count). The third kappa shape index (κ3) is 4.24. The fourth-order valence-electron chi connectivity index (χ4n) is 3.54. The molecule has 2 aromatic rings. The fourth-order valence-corrected chi connectivity index (χ4v) is 3.84. The molecule has 1 aliphatic rings. The molecule has 2 aromatic heterocycles. The lowest BCUT2D eigenvalue weighted by Gasteiger charge is -2.25. The maximum Gasteiger partial charge on any atom is 0.244 e. The van der Waals surface area contributed by atoms with Crippen LogP contribution in [0.25, 0.3) is 6.08 Å². The zero-order valence-corrected chi connectivity index (χ0v) is 17.0. The Kier molecular flexibility index (Phi) is 5.69. The monoisotopic (exact) mass is 391 g/mol. The maximum atomic E-state index is 12.6. The van der Waals surface area contributed by atoms with Gasteiger partial charge in [-0.25, -0.2) is 0 Å². The zero-order chi connectivity index (χ0) is 19.6. The van der Waals surface area contributed by atoms with Crippen LogP contribution < -0.4 is 5.32 Å². The number of carbonyl (C=O) groups excluding carboxylic acids is 1. The van der Waals surface area contributed by atoms with Crippen LogP contribution in [0.4, 0.5) is 0 Å². The standard InChI is InChI=1S/C19H26ClN5O2/c1-12(2)11-25-17(20)15(13(3)23-25)7-8-16(26)22-19(9-5-6-10-19)18-21-14(4)27-24-18/h7-8,12H,5-6,9-11H2,1-4H3,(H,22,26)/b8-7+. The summed E-state index contributed by atoms with van der Waals surface area (Å²) in [5, 5.41) is 12.1. The first-order valence-corrected chi connectivity index (χ1v) is 9.72. The second-order valence-corrected chi connectivity index (χ2v) is 7.97. The first kappa shape index (κ1) is 19.6. The van der Waals surface area contributed by atoms with Crippen molar-refractivity contribution in [3.63, 3.8) is 0 Å². The minimum atomic E-state index is -0.556. The molecule has 0 aliphatic heterocycles. The third-order valence-electron chi connectivity index (χ3n) is 4.82. The second-order valence-electron chi connectivity index (χ2n) is 7.61. The number of nitrogens with one attached hydrogen (secondary N) is 1. The predicted molar refractivity (Wildman–Crippen MR) is 103 cm³/mol. The summed E-state index contributed by atoms with van der Waals surface area (Å²) < 4.78 is 6.90. The van der Waals surface area contributed by atoms with Crippen LogP contribution in [0.1, 0.15) is 62.5 Å².